The monoisotopic (exact) mass is 361 g/mol. The second kappa shape index (κ2) is 8.23. The summed E-state index contributed by atoms with van der Waals surface area (Å²) in [5, 5.41) is 2.99. The van der Waals surface area contributed by atoms with E-state index in [0.29, 0.717) is 12.0 Å². The van der Waals surface area contributed by atoms with Crippen LogP contribution >= 0.6 is 11.8 Å². The molecule has 2 atom stereocenters. The molecule has 0 unspecified atom stereocenters. The molecule has 1 heterocycles. The van der Waals surface area contributed by atoms with Gasteiger partial charge in [0.25, 0.3) is 5.91 Å². The van der Waals surface area contributed by atoms with Crippen LogP contribution in [0.1, 0.15) is 41.6 Å². The number of amides is 2. The highest BCUT2D eigenvalue weighted by Gasteiger charge is 2.26. The van der Waals surface area contributed by atoms with Gasteiger partial charge in [-0.2, -0.15) is 11.8 Å². The zero-order valence-corrected chi connectivity index (χ0v) is 15.6. The van der Waals surface area contributed by atoms with E-state index in [1.165, 1.54) is 0 Å². The van der Waals surface area contributed by atoms with Crippen molar-refractivity contribution >= 4 is 29.3 Å². The molecule has 25 heavy (non-hydrogen) atoms. The quantitative estimate of drug-likeness (QED) is 0.864. The number of nitrogens with one attached hydrogen (secondary N) is 1. The minimum Gasteiger partial charge on any atom is -0.337 e. The summed E-state index contributed by atoms with van der Waals surface area (Å²) in [4.78, 5) is 27.1. The van der Waals surface area contributed by atoms with Crippen LogP contribution in [-0.2, 0) is 4.79 Å². The molecule has 0 radical (unpaired) electrons. The Labute approximate surface area is 153 Å². The number of nitrogens with zero attached hydrogens (tertiary/aromatic N) is 1. The van der Waals surface area contributed by atoms with Crippen LogP contribution in [0, 0.1) is 12.8 Å². The summed E-state index contributed by atoms with van der Waals surface area (Å²) in [6.45, 7) is 3.49. The second-order valence-electron chi connectivity index (χ2n) is 6.99. The molecule has 136 valence electrons. The molecule has 0 bridgehead atoms. The summed E-state index contributed by atoms with van der Waals surface area (Å²) in [5.74, 6) is 2.30. The Morgan fingerprint density at radius 2 is 2.04 bits per heavy atom. The van der Waals surface area contributed by atoms with E-state index in [2.05, 4.69) is 5.32 Å². The van der Waals surface area contributed by atoms with Crippen LogP contribution in [0.2, 0.25) is 0 Å². The Kier molecular flexibility index (Phi) is 6.02. The zero-order chi connectivity index (χ0) is 17.8. The SMILES string of the molecule is Cc1c(NC(=O)C[C@@H]2CCC[C@H]2N)cccc1C(=O)N1CCSCC1. The highest BCUT2D eigenvalue weighted by molar-refractivity contribution is 7.99. The van der Waals surface area contributed by atoms with Gasteiger partial charge in [0.2, 0.25) is 5.91 Å². The fourth-order valence-electron chi connectivity index (χ4n) is 3.70. The van der Waals surface area contributed by atoms with Crippen molar-refractivity contribution in [3.8, 4) is 0 Å². The third-order valence-corrected chi connectivity index (χ3v) is 6.24. The predicted octanol–water partition coefficient (Wildman–Crippen LogP) is 2.64. The van der Waals surface area contributed by atoms with E-state index in [1.54, 1.807) is 0 Å². The third kappa shape index (κ3) is 4.36. The topological polar surface area (TPSA) is 75.4 Å². The zero-order valence-electron chi connectivity index (χ0n) is 14.8. The second-order valence-corrected chi connectivity index (χ2v) is 8.21. The van der Waals surface area contributed by atoms with Gasteiger partial charge < -0.3 is 16.0 Å². The number of carbonyl (C=O) groups is 2. The van der Waals surface area contributed by atoms with E-state index in [0.717, 1.165) is 55.1 Å². The molecule has 1 saturated carbocycles. The molecule has 1 aromatic carbocycles. The van der Waals surface area contributed by atoms with Crippen molar-refractivity contribution in [2.45, 2.75) is 38.6 Å². The number of anilines is 1. The summed E-state index contributed by atoms with van der Waals surface area (Å²) < 4.78 is 0. The van der Waals surface area contributed by atoms with Crippen molar-refractivity contribution in [3.63, 3.8) is 0 Å². The number of nitrogens with two attached hydrogens (primary N) is 1. The largest absolute Gasteiger partial charge is 0.337 e. The van der Waals surface area contributed by atoms with Crippen LogP contribution in [0.3, 0.4) is 0 Å². The fraction of sp³-hybridized carbons (Fsp3) is 0.579. The number of thioether (sulfide) groups is 1. The highest BCUT2D eigenvalue weighted by atomic mass is 32.2. The van der Waals surface area contributed by atoms with Gasteiger partial charge in [0.1, 0.15) is 0 Å². The van der Waals surface area contributed by atoms with Crippen LogP contribution in [-0.4, -0.2) is 47.4 Å². The van der Waals surface area contributed by atoms with Crippen molar-refractivity contribution in [2.24, 2.45) is 11.7 Å². The Morgan fingerprint density at radius 1 is 1.28 bits per heavy atom. The molecule has 3 N–H and O–H groups in total. The van der Waals surface area contributed by atoms with Gasteiger partial charge >= 0.3 is 0 Å². The van der Waals surface area contributed by atoms with Crippen molar-refractivity contribution in [1.29, 1.82) is 0 Å². The van der Waals surface area contributed by atoms with Gasteiger partial charge in [0.05, 0.1) is 0 Å². The first-order valence-corrected chi connectivity index (χ1v) is 10.2. The van der Waals surface area contributed by atoms with Crippen LogP contribution in [0.15, 0.2) is 18.2 Å². The van der Waals surface area contributed by atoms with Gasteiger partial charge in [-0.25, -0.2) is 0 Å². The first-order chi connectivity index (χ1) is 12.1. The highest BCUT2D eigenvalue weighted by Crippen LogP contribution is 2.28. The Balaban J connectivity index is 1.67. The summed E-state index contributed by atoms with van der Waals surface area (Å²) in [6, 6.07) is 5.69. The van der Waals surface area contributed by atoms with Gasteiger partial charge in [-0.15, -0.1) is 0 Å². The fourth-order valence-corrected chi connectivity index (χ4v) is 4.60. The lowest BCUT2D eigenvalue weighted by Crippen LogP contribution is -2.38. The molecule has 2 aliphatic rings. The Bertz CT molecular complexity index is 644. The third-order valence-electron chi connectivity index (χ3n) is 5.30. The van der Waals surface area contributed by atoms with E-state index in [1.807, 2.05) is 41.8 Å². The predicted molar refractivity (Wildman–Crippen MR) is 103 cm³/mol. The lowest BCUT2D eigenvalue weighted by atomic mass is 9.99. The maximum absolute atomic E-state index is 12.8. The minimum atomic E-state index is -0.00979. The average molecular weight is 362 g/mol. The molecule has 0 aromatic heterocycles. The standard InChI is InChI=1S/C19H27N3O2S/c1-13-15(19(24)22-8-10-25-11-9-22)5-3-7-17(13)21-18(23)12-14-4-2-6-16(14)20/h3,5,7,14,16H,2,4,6,8-12,20H2,1H3,(H,21,23)/t14-,16+/m0/s1. The van der Waals surface area contributed by atoms with Crippen LogP contribution in [0.25, 0.3) is 0 Å². The maximum Gasteiger partial charge on any atom is 0.254 e. The van der Waals surface area contributed by atoms with E-state index in [4.69, 9.17) is 5.73 Å². The minimum absolute atomic E-state index is 0.00979. The molecule has 0 spiro atoms. The van der Waals surface area contributed by atoms with Crippen molar-refractivity contribution in [2.75, 3.05) is 29.9 Å². The molecule has 1 aliphatic carbocycles. The summed E-state index contributed by atoms with van der Waals surface area (Å²) >= 11 is 1.88. The average Bonchev–Trinajstić information content (AvgIpc) is 3.01. The number of hydrogen-bond acceptors (Lipinski definition) is 4. The summed E-state index contributed by atoms with van der Waals surface area (Å²) in [5.41, 5.74) is 8.32. The molecular weight excluding hydrogens is 334 g/mol. The van der Waals surface area contributed by atoms with Crippen LogP contribution < -0.4 is 11.1 Å². The van der Waals surface area contributed by atoms with Crippen molar-refractivity contribution < 1.29 is 9.59 Å². The number of carbonyl (C=O) groups excluding carboxylic acids is 2. The summed E-state index contributed by atoms with van der Waals surface area (Å²) in [6.07, 6.45) is 3.60. The van der Waals surface area contributed by atoms with Crippen LogP contribution in [0.5, 0.6) is 0 Å². The number of hydrogen-bond donors (Lipinski definition) is 2. The molecule has 3 rings (SSSR count). The summed E-state index contributed by atoms with van der Waals surface area (Å²) in [7, 11) is 0. The Hall–Kier alpha value is -1.53. The Morgan fingerprint density at radius 3 is 2.72 bits per heavy atom. The van der Waals surface area contributed by atoms with Crippen molar-refractivity contribution in [3.05, 3.63) is 29.3 Å². The first kappa shape index (κ1) is 18.3. The molecular formula is C19H27N3O2S. The van der Waals surface area contributed by atoms with Gasteiger partial charge in [0, 0.05) is 48.3 Å². The van der Waals surface area contributed by atoms with Gasteiger partial charge in [-0.1, -0.05) is 12.5 Å². The molecule has 2 amide bonds. The van der Waals surface area contributed by atoms with Gasteiger partial charge in [-0.05, 0) is 43.4 Å². The molecule has 2 fully saturated rings. The molecule has 6 heteroatoms. The lowest BCUT2D eigenvalue weighted by Gasteiger charge is -2.27. The van der Waals surface area contributed by atoms with Crippen molar-refractivity contribution in [1.82, 2.24) is 4.90 Å². The number of rotatable bonds is 4. The van der Waals surface area contributed by atoms with Gasteiger partial charge in [0.15, 0.2) is 0 Å². The van der Waals surface area contributed by atoms with Gasteiger partial charge in [-0.3, -0.25) is 9.59 Å². The van der Waals surface area contributed by atoms with E-state index in [9.17, 15) is 9.59 Å². The molecule has 1 saturated heterocycles. The van der Waals surface area contributed by atoms with E-state index in [-0.39, 0.29) is 23.8 Å². The molecule has 1 aliphatic heterocycles. The smallest absolute Gasteiger partial charge is 0.254 e. The molecule has 1 aromatic rings. The van der Waals surface area contributed by atoms with Crippen LogP contribution in [0.4, 0.5) is 5.69 Å². The molecule has 5 nitrogen and oxygen atoms in total. The van der Waals surface area contributed by atoms with E-state index < -0.39 is 0 Å². The maximum atomic E-state index is 12.8. The first-order valence-electron chi connectivity index (χ1n) is 9.08. The normalized spacial score (nSPS) is 23.5. The lowest BCUT2D eigenvalue weighted by molar-refractivity contribution is -0.117. The van der Waals surface area contributed by atoms with E-state index >= 15 is 0 Å². The number of benzene rings is 1.